The van der Waals surface area contributed by atoms with Gasteiger partial charge in [-0.05, 0) is 49.8 Å². The van der Waals surface area contributed by atoms with Crippen LogP contribution >= 0.6 is 0 Å². The molecule has 2 aromatic carbocycles. The fourth-order valence-electron chi connectivity index (χ4n) is 2.30. The Labute approximate surface area is 162 Å². The van der Waals surface area contributed by atoms with Crippen molar-refractivity contribution < 1.29 is 27.8 Å². The summed E-state index contributed by atoms with van der Waals surface area (Å²) in [6, 6.07) is 12.1. The third kappa shape index (κ3) is 7.26. The summed E-state index contributed by atoms with van der Waals surface area (Å²) in [5, 5.41) is 2.71. The van der Waals surface area contributed by atoms with E-state index in [1.807, 2.05) is 31.2 Å². The van der Waals surface area contributed by atoms with Crippen LogP contribution in [0.15, 0.2) is 48.5 Å². The van der Waals surface area contributed by atoms with E-state index in [1.165, 1.54) is 18.2 Å². The van der Waals surface area contributed by atoms with Crippen LogP contribution in [0.4, 0.5) is 8.78 Å². The molecule has 0 radical (unpaired) electrons. The van der Waals surface area contributed by atoms with E-state index in [0.717, 1.165) is 11.3 Å². The minimum absolute atomic E-state index is 0.0493. The van der Waals surface area contributed by atoms with Crippen LogP contribution in [-0.2, 0) is 4.79 Å². The number of nitrogens with one attached hydrogen (secondary N) is 1. The first-order valence-corrected chi connectivity index (χ1v) is 8.85. The van der Waals surface area contributed by atoms with E-state index in [2.05, 4.69) is 10.1 Å². The summed E-state index contributed by atoms with van der Waals surface area (Å²) < 4.78 is 40.1. The zero-order valence-corrected chi connectivity index (χ0v) is 15.8. The Kier molecular flexibility index (Phi) is 8.27. The minimum Gasteiger partial charge on any atom is -0.492 e. The molecule has 0 aliphatic rings. The van der Waals surface area contributed by atoms with Gasteiger partial charge in [-0.25, -0.2) is 0 Å². The molecule has 0 atom stereocenters. The average Bonchev–Trinajstić information content (AvgIpc) is 2.66. The van der Waals surface area contributed by atoms with Gasteiger partial charge in [0.25, 0.3) is 0 Å². The number of halogens is 2. The fourth-order valence-corrected chi connectivity index (χ4v) is 2.30. The van der Waals surface area contributed by atoms with Gasteiger partial charge in [-0.15, -0.1) is 0 Å². The molecular formula is C21H23F2NO4. The largest absolute Gasteiger partial charge is 0.492 e. The van der Waals surface area contributed by atoms with Crippen molar-refractivity contribution in [2.24, 2.45) is 0 Å². The zero-order chi connectivity index (χ0) is 20.4. The number of alkyl halides is 2. The molecule has 0 saturated heterocycles. The Hall–Kier alpha value is -3.09. The van der Waals surface area contributed by atoms with Crippen LogP contribution in [0.2, 0.25) is 0 Å². The maximum Gasteiger partial charge on any atom is 0.387 e. The van der Waals surface area contributed by atoms with E-state index in [9.17, 15) is 13.6 Å². The number of carbonyl (C=O) groups excluding carboxylic acids is 1. The third-order valence-corrected chi connectivity index (χ3v) is 3.60. The minimum atomic E-state index is -2.94. The molecule has 1 amide bonds. The number of benzene rings is 2. The molecule has 0 spiro atoms. The lowest BCUT2D eigenvalue weighted by molar-refractivity contribution is -0.116. The van der Waals surface area contributed by atoms with Crippen LogP contribution in [0.3, 0.4) is 0 Å². The molecule has 2 rings (SSSR count). The first kappa shape index (κ1) is 21.2. The third-order valence-electron chi connectivity index (χ3n) is 3.60. The average molecular weight is 391 g/mol. The van der Waals surface area contributed by atoms with Gasteiger partial charge >= 0.3 is 6.61 Å². The predicted octanol–water partition coefficient (Wildman–Crippen LogP) is 4.20. The number of carbonyl (C=O) groups is 1. The maximum absolute atomic E-state index is 12.4. The van der Waals surface area contributed by atoms with Crippen LogP contribution in [0.5, 0.6) is 17.2 Å². The number of hydrogen-bond acceptors (Lipinski definition) is 4. The Morgan fingerprint density at radius 1 is 1.11 bits per heavy atom. The molecule has 0 bridgehead atoms. The fraction of sp³-hybridized carbons (Fsp3) is 0.286. The van der Waals surface area contributed by atoms with Gasteiger partial charge in [0.1, 0.15) is 12.4 Å². The Morgan fingerprint density at radius 3 is 2.54 bits per heavy atom. The van der Waals surface area contributed by atoms with Crippen molar-refractivity contribution in [3.05, 3.63) is 59.7 Å². The van der Waals surface area contributed by atoms with Crippen molar-refractivity contribution in [3.63, 3.8) is 0 Å². The molecule has 28 heavy (non-hydrogen) atoms. The zero-order valence-electron chi connectivity index (χ0n) is 15.8. The highest BCUT2D eigenvalue weighted by Gasteiger charge is 2.11. The lowest BCUT2D eigenvalue weighted by atomic mass is 10.2. The standard InChI is InChI=1S/C21H23F2NO4/c1-3-26-19-14-16(6-10-18(19)28-21(22)23)7-11-20(25)24-12-13-27-17-8-4-15(2)5-9-17/h4-11,14,21H,3,12-13H2,1-2H3,(H,24,25)/b11-7+. The summed E-state index contributed by atoms with van der Waals surface area (Å²) >= 11 is 0. The molecule has 0 unspecified atom stereocenters. The molecule has 7 heteroatoms. The monoisotopic (exact) mass is 391 g/mol. The highest BCUT2D eigenvalue weighted by atomic mass is 19.3. The van der Waals surface area contributed by atoms with Gasteiger partial charge in [0.05, 0.1) is 13.2 Å². The van der Waals surface area contributed by atoms with E-state index in [1.54, 1.807) is 19.1 Å². The van der Waals surface area contributed by atoms with E-state index < -0.39 is 6.61 Å². The van der Waals surface area contributed by atoms with Crippen molar-refractivity contribution in [3.8, 4) is 17.2 Å². The molecule has 2 aromatic rings. The van der Waals surface area contributed by atoms with Gasteiger partial charge in [0.2, 0.25) is 5.91 Å². The molecule has 0 heterocycles. The molecular weight excluding hydrogens is 368 g/mol. The van der Waals surface area contributed by atoms with Crippen molar-refractivity contribution in [2.75, 3.05) is 19.8 Å². The molecule has 1 N–H and O–H groups in total. The molecule has 0 fully saturated rings. The van der Waals surface area contributed by atoms with E-state index in [4.69, 9.17) is 9.47 Å². The van der Waals surface area contributed by atoms with Gasteiger partial charge in [-0.3, -0.25) is 4.79 Å². The first-order valence-electron chi connectivity index (χ1n) is 8.85. The highest BCUT2D eigenvalue weighted by Crippen LogP contribution is 2.30. The first-order chi connectivity index (χ1) is 13.5. The van der Waals surface area contributed by atoms with Crippen LogP contribution in [0.1, 0.15) is 18.1 Å². The van der Waals surface area contributed by atoms with Crippen LogP contribution in [-0.4, -0.2) is 32.3 Å². The van der Waals surface area contributed by atoms with Crippen LogP contribution in [0.25, 0.3) is 6.08 Å². The Morgan fingerprint density at radius 2 is 1.86 bits per heavy atom. The summed E-state index contributed by atoms with van der Waals surface area (Å²) in [6.07, 6.45) is 2.91. The highest BCUT2D eigenvalue weighted by molar-refractivity contribution is 5.91. The number of ether oxygens (including phenoxy) is 3. The van der Waals surface area contributed by atoms with Crippen molar-refractivity contribution in [1.29, 1.82) is 0 Å². The van der Waals surface area contributed by atoms with Gasteiger partial charge in [-0.2, -0.15) is 8.78 Å². The summed E-state index contributed by atoms with van der Waals surface area (Å²) in [6.45, 7) is 1.79. The summed E-state index contributed by atoms with van der Waals surface area (Å²) in [7, 11) is 0. The summed E-state index contributed by atoms with van der Waals surface area (Å²) in [5.74, 6) is 0.590. The maximum atomic E-state index is 12.4. The van der Waals surface area contributed by atoms with Gasteiger partial charge < -0.3 is 19.5 Å². The van der Waals surface area contributed by atoms with E-state index >= 15 is 0 Å². The molecule has 0 saturated carbocycles. The predicted molar refractivity (Wildman–Crippen MR) is 103 cm³/mol. The Bertz CT molecular complexity index is 791. The van der Waals surface area contributed by atoms with Crippen LogP contribution < -0.4 is 19.5 Å². The van der Waals surface area contributed by atoms with Crippen molar-refractivity contribution in [2.45, 2.75) is 20.5 Å². The summed E-state index contributed by atoms with van der Waals surface area (Å²) in [4.78, 5) is 11.9. The smallest absolute Gasteiger partial charge is 0.387 e. The van der Waals surface area contributed by atoms with Gasteiger partial charge in [0, 0.05) is 6.08 Å². The van der Waals surface area contributed by atoms with E-state index in [-0.39, 0.29) is 17.4 Å². The number of hydrogen-bond donors (Lipinski definition) is 1. The lowest BCUT2D eigenvalue weighted by Crippen LogP contribution is -2.26. The second-order valence-electron chi connectivity index (χ2n) is 5.80. The number of amides is 1. The molecule has 150 valence electrons. The normalized spacial score (nSPS) is 10.9. The van der Waals surface area contributed by atoms with Gasteiger partial charge in [-0.1, -0.05) is 23.8 Å². The SMILES string of the molecule is CCOc1cc(/C=C/C(=O)NCCOc2ccc(C)cc2)ccc1OC(F)F. The molecule has 0 aliphatic heterocycles. The van der Waals surface area contributed by atoms with E-state index in [0.29, 0.717) is 25.3 Å². The molecule has 0 aromatic heterocycles. The Balaban J connectivity index is 1.83. The topological polar surface area (TPSA) is 56.8 Å². The second-order valence-corrected chi connectivity index (χ2v) is 5.80. The number of aryl methyl sites for hydroxylation is 1. The lowest BCUT2D eigenvalue weighted by Gasteiger charge is -2.11. The van der Waals surface area contributed by atoms with Crippen molar-refractivity contribution in [1.82, 2.24) is 5.32 Å². The van der Waals surface area contributed by atoms with Gasteiger partial charge in [0.15, 0.2) is 11.5 Å². The van der Waals surface area contributed by atoms with Crippen LogP contribution in [0, 0.1) is 6.92 Å². The molecule has 5 nitrogen and oxygen atoms in total. The molecule has 0 aliphatic carbocycles. The van der Waals surface area contributed by atoms with Crippen molar-refractivity contribution >= 4 is 12.0 Å². The summed E-state index contributed by atoms with van der Waals surface area (Å²) in [5.41, 5.74) is 1.77. The second kappa shape index (κ2) is 10.9. The quantitative estimate of drug-likeness (QED) is 0.487. The number of rotatable bonds is 10.